The molecule has 0 saturated carbocycles. The van der Waals surface area contributed by atoms with Crippen molar-refractivity contribution in [1.82, 2.24) is 0 Å². The zero-order chi connectivity index (χ0) is 12.3. The fraction of sp³-hybridized carbons (Fsp3) is 0.364. The Labute approximate surface area is 92.8 Å². The highest BCUT2D eigenvalue weighted by Crippen LogP contribution is 2.27. The standard InChI is InChI=1S/C11H14FNO3/c1-6-3-7(8(13)5-10(14)15)11(12)9(4-6)16-2/h3-4,8H,5,13H2,1-2H3,(H,14,15). The summed E-state index contributed by atoms with van der Waals surface area (Å²) < 4.78 is 18.6. The molecule has 0 heterocycles. The van der Waals surface area contributed by atoms with Crippen molar-refractivity contribution >= 4 is 5.97 Å². The van der Waals surface area contributed by atoms with Crippen molar-refractivity contribution in [3.63, 3.8) is 0 Å². The van der Waals surface area contributed by atoms with E-state index in [1.54, 1.807) is 6.92 Å². The van der Waals surface area contributed by atoms with Gasteiger partial charge in [-0.15, -0.1) is 0 Å². The number of methoxy groups -OCH3 is 1. The number of rotatable bonds is 4. The number of benzene rings is 1. The van der Waals surface area contributed by atoms with Gasteiger partial charge in [0.15, 0.2) is 11.6 Å². The van der Waals surface area contributed by atoms with E-state index in [4.69, 9.17) is 15.6 Å². The quantitative estimate of drug-likeness (QED) is 0.819. The summed E-state index contributed by atoms with van der Waals surface area (Å²) in [6.07, 6.45) is -0.316. The van der Waals surface area contributed by atoms with Gasteiger partial charge in [-0.3, -0.25) is 4.79 Å². The summed E-state index contributed by atoms with van der Waals surface area (Å²) >= 11 is 0. The smallest absolute Gasteiger partial charge is 0.305 e. The SMILES string of the molecule is COc1cc(C)cc(C(N)CC(=O)O)c1F. The minimum absolute atomic E-state index is 0.0795. The van der Waals surface area contributed by atoms with Crippen molar-refractivity contribution in [2.75, 3.05) is 7.11 Å². The second-order valence-corrected chi connectivity index (χ2v) is 3.57. The van der Waals surface area contributed by atoms with Crippen molar-refractivity contribution in [3.05, 3.63) is 29.1 Å². The van der Waals surface area contributed by atoms with Crippen LogP contribution in [0.1, 0.15) is 23.6 Å². The average Bonchev–Trinajstić information content (AvgIpc) is 2.19. The maximum Gasteiger partial charge on any atom is 0.305 e. The van der Waals surface area contributed by atoms with Crippen molar-refractivity contribution in [3.8, 4) is 5.75 Å². The van der Waals surface area contributed by atoms with E-state index < -0.39 is 17.8 Å². The minimum atomic E-state index is -1.06. The average molecular weight is 227 g/mol. The number of halogens is 1. The maximum atomic E-state index is 13.8. The minimum Gasteiger partial charge on any atom is -0.494 e. The summed E-state index contributed by atoms with van der Waals surface area (Å²) in [6, 6.07) is 2.20. The molecule has 0 aliphatic carbocycles. The number of aliphatic carboxylic acids is 1. The number of aryl methyl sites for hydroxylation is 1. The third kappa shape index (κ3) is 2.70. The van der Waals surface area contributed by atoms with Crippen molar-refractivity contribution in [2.45, 2.75) is 19.4 Å². The van der Waals surface area contributed by atoms with E-state index in [1.165, 1.54) is 19.2 Å². The third-order valence-electron chi connectivity index (χ3n) is 2.23. The number of carboxylic acids is 1. The molecule has 88 valence electrons. The Balaban J connectivity index is 3.12. The fourth-order valence-corrected chi connectivity index (χ4v) is 1.48. The molecule has 1 aromatic rings. The largest absolute Gasteiger partial charge is 0.494 e. The van der Waals surface area contributed by atoms with Gasteiger partial charge >= 0.3 is 5.97 Å². The Morgan fingerprint density at radius 2 is 2.25 bits per heavy atom. The molecule has 3 N–H and O–H groups in total. The first kappa shape index (κ1) is 12.4. The van der Waals surface area contributed by atoms with Crippen molar-refractivity contribution in [1.29, 1.82) is 0 Å². The molecule has 0 spiro atoms. The molecule has 4 nitrogen and oxygen atoms in total. The molecule has 0 aliphatic heterocycles. The van der Waals surface area contributed by atoms with E-state index in [2.05, 4.69) is 0 Å². The van der Waals surface area contributed by atoms with E-state index in [1.807, 2.05) is 0 Å². The third-order valence-corrected chi connectivity index (χ3v) is 2.23. The van der Waals surface area contributed by atoms with Gasteiger partial charge in [0.25, 0.3) is 0 Å². The van der Waals surface area contributed by atoms with E-state index in [0.29, 0.717) is 0 Å². The monoisotopic (exact) mass is 227 g/mol. The van der Waals surface area contributed by atoms with Gasteiger partial charge in [-0.25, -0.2) is 4.39 Å². The number of hydrogen-bond acceptors (Lipinski definition) is 3. The number of hydrogen-bond donors (Lipinski definition) is 2. The molecule has 1 rings (SSSR count). The first-order valence-corrected chi connectivity index (χ1v) is 4.77. The summed E-state index contributed by atoms with van der Waals surface area (Å²) in [7, 11) is 1.35. The lowest BCUT2D eigenvalue weighted by Gasteiger charge is -2.14. The topological polar surface area (TPSA) is 72.5 Å². The molecule has 1 unspecified atom stereocenters. The van der Waals surface area contributed by atoms with Gasteiger partial charge in [0, 0.05) is 11.6 Å². The molecule has 0 fully saturated rings. The molecule has 0 saturated heterocycles. The van der Waals surface area contributed by atoms with Crippen LogP contribution in [0.3, 0.4) is 0 Å². The van der Waals surface area contributed by atoms with Crippen molar-refractivity contribution in [2.24, 2.45) is 5.73 Å². The van der Waals surface area contributed by atoms with Crippen LogP contribution in [0.25, 0.3) is 0 Å². The highest BCUT2D eigenvalue weighted by molar-refractivity contribution is 5.68. The van der Waals surface area contributed by atoms with E-state index in [0.717, 1.165) is 5.56 Å². The Morgan fingerprint density at radius 1 is 1.62 bits per heavy atom. The first-order valence-electron chi connectivity index (χ1n) is 4.77. The van der Waals surface area contributed by atoms with Gasteiger partial charge in [-0.1, -0.05) is 6.07 Å². The normalized spacial score (nSPS) is 12.2. The Morgan fingerprint density at radius 3 is 2.75 bits per heavy atom. The molecule has 0 amide bonds. The maximum absolute atomic E-state index is 13.8. The van der Waals surface area contributed by atoms with Gasteiger partial charge < -0.3 is 15.6 Å². The zero-order valence-electron chi connectivity index (χ0n) is 9.16. The van der Waals surface area contributed by atoms with Gasteiger partial charge in [-0.05, 0) is 18.6 Å². The summed E-state index contributed by atoms with van der Waals surface area (Å²) in [6.45, 7) is 1.76. The van der Waals surface area contributed by atoms with Crippen LogP contribution in [-0.4, -0.2) is 18.2 Å². The molecule has 1 atom stereocenters. The number of ether oxygens (including phenoxy) is 1. The molecular weight excluding hydrogens is 213 g/mol. The number of carbonyl (C=O) groups is 1. The highest BCUT2D eigenvalue weighted by atomic mass is 19.1. The highest BCUT2D eigenvalue weighted by Gasteiger charge is 2.18. The van der Waals surface area contributed by atoms with E-state index in [9.17, 15) is 9.18 Å². The zero-order valence-corrected chi connectivity index (χ0v) is 9.16. The Kier molecular flexibility index (Phi) is 3.84. The first-order chi connectivity index (χ1) is 7.45. The van der Waals surface area contributed by atoms with Crippen LogP contribution in [0.5, 0.6) is 5.75 Å². The predicted octanol–water partition coefficient (Wildman–Crippen LogP) is 1.62. The number of nitrogens with two attached hydrogens (primary N) is 1. The van der Waals surface area contributed by atoms with Crippen LogP contribution in [-0.2, 0) is 4.79 Å². The summed E-state index contributed by atoms with van der Waals surface area (Å²) in [5.41, 5.74) is 6.55. The van der Waals surface area contributed by atoms with Gasteiger partial charge in [0.1, 0.15) is 0 Å². The van der Waals surface area contributed by atoms with E-state index >= 15 is 0 Å². The van der Waals surface area contributed by atoms with Crippen LogP contribution < -0.4 is 10.5 Å². The van der Waals surface area contributed by atoms with Gasteiger partial charge in [-0.2, -0.15) is 0 Å². The van der Waals surface area contributed by atoms with Gasteiger partial charge in [0.2, 0.25) is 0 Å². The molecule has 16 heavy (non-hydrogen) atoms. The molecule has 1 aromatic carbocycles. The van der Waals surface area contributed by atoms with Crippen LogP contribution in [0, 0.1) is 12.7 Å². The second kappa shape index (κ2) is 4.94. The molecular formula is C11H14FNO3. The molecule has 0 bridgehead atoms. The molecule has 5 heteroatoms. The Bertz CT molecular complexity index is 406. The lowest BCUT2D eigenvalue weighted by molar-refractivity contribution is -0.137. The van der Waals surface area contributed by atoms with Crippen LogP contribution in [0.2, 0.25) is 0 Å². The lowest BCUT2D eigenvalue weighted by Crippen LogP contribution is -2.17. The second-order valence-electron chi connectivity index (χ2n) is 3.57. The Hall–Kier alpha value is -1.62. The summed E-state index contributed by atoms with van der Waals surface area (Å²) in [5, 5.41) is 8.60. The van der Waals surface area contributed by atoms with Crippen LogP contribution >= 0.6 is 0 Å². The van der Waals surface area contributed by atoms with Gasteiger partial charge in [0.05, 0.1) is 13.5 Å². The van der Waals surface area contributed by atoms with Crippen LogP contribution in [0.4, 0.5) is 4.39 Å². The lowest BCUT2D eigenvalue weighted by atomic mass is 10.0. The van der Waals surface area contributed by atoms with Crippen molar-refractivity contribution < 1.29 is 19.0 Å². The molecule has 0 radical (unpaired) electrons. The summed E-state index contributed by atoms with van der Waals surface area (Å²) in [4.78, 5) is 10.5. The molecule has 0 aliphatic rings. The van der Waals surface area contributed by atoms with E-state index in [-0.39, 0.29) is 17.7 Å². The van der Waals surface area contributed by atoms with Crippen LogP contribution in [0.15, 0.2) is 12.1 Å². The summed E-state index contributed by atoms with van der Waals surface area (Å²) in [5.74, 6) is -1.58. The fourth-order valence-electron chi connectivity index (χ4n) is 1.48. The molecule has 0 aromatic heterocycles. The predicted molar refractivity (Wildman–Crippen MR) is 56.9 cm³/mol. The number of carboxylic acid groups (broad SMARTS) is 1.